The topological polar surface area (TPSA) is 97.2 Å². The fraction of sp³-hybridized carbons (Fsp3) is 0.481. The van der Waals surface area contributed by atoms with Crippen molar-refractivity contribution in [1.29, 1.82) is 0 Å². The second-order valence-electron chi connectivity index (χ2n) is 11.3. The Labute approximate surface area is 234 Å². The summed E-state index contributed by atoms with van der Waals surface area (Å²) in [6, 6.07) is 10.7. The number of hydrogen-bond donors (Lipinski definition) is 2. The van der Waals surface area contributed by atoms with Gasteiger partial charge in [0.05, 0.1) is 17.6 Å². The molecule has 5 heterocycles. The lowest BCUT2D eigenvalue weighted by Crippen LogP contribution is -2.40. The summed E-state index contributed by atoms with van der Waals surface area (Å²) < 4.78 is 49.6. The summed E-state index contributed by atoms with van der Waals surface area (Å²) in [7, 11) is 0. The SMILES string of the molecule is CC1(C)CC2CNc3cccc(n3)SNC(=O)c3ccc(-n4ccc(OCCC5(C(F)(F)F)CC5)n4)nc3N1C2. The quantitative estimate of drug-likeness (QED) is 0.400. The summed E-state index contributed by atoms with van der Waals surface area (Å²) in [4.78, 5) is 25.0. The number of carbonyl (C=O) groups excluding carboxylic acids is 1. The van der Waals surface area contributed by atoms with Crippen LogP contribution in [0.4, 0.5) is 24.8 Å². The molecule has 1 amide bonds. The Kier molecular flexibility index (Phi) is 6.59. The fourth-order valence-corrected chi connectivity index (χ4v) is 6.10. The molecule has 1 aliphatic carbocycles. The normalized spacial score (nSPS) is 21.3. The van der Waals surface area contributed by atoms with E-state index in [0.29, 0.717) is 34.7 Å². The van der Waals surface area contributed by atoms with Gasteiger partial charge in [-0.15, -0.1) is 5.10 Å². The number of aromatic nitrogens is 4. The average Bonchev–Trinajstić information content (AvgIpc) is 3.46. The lowest BCUT2D eigenvalue weighted by atomic mass is 9.96. The molecule has 1 atom stereocenters. The number of ether oxygens (including phenoxy) is 1. The largest absolute Gasteiger partial charge is 0.477 e. The minimum Gasteiger partial charge on any atom is -0.477 e. The zero-order valence-corrected chi connectivity index (χ0v) is 23.0. The van der Waals surface area contributed by atoms with Crippen LogP contribution in [0.5, 0.6) is 5.88 Å². The Balaban J connectivity index is 1.26. The molecular formula is C27H30F3N7O2S. The number of pyridine rings is 2. The minimum atomic E-state index is -4.21. The van der Waals surface area contributed by atoms with Crippen LogP contribution >= 0.6 is 11.9 Å². The lowest BCUT2D eigenvalue weighted by molar-refractivity contribution is -0.190. The highest BCUT2D eigenvalue weighted by Gasteiger charge is 2.62. The van der Waals surface area contributed by atoms with E-state index in [1.165, 1.54) is 4.68 Å². The molecule has 9 nitrogen and oxygen atoms in total. The maximum Gasteiger partial charge on any atom is 0.394 e. The van der Waals surface area contributed by atoms with Crippen molar-refractivity contribution in [3.05, 3.63) is 48.2 Å². The first-order valence-corrected chi connectivity index (χ1v) is 14.1. The number of nitrogens with zero attached hydrogens (tertiary/aromatic N) is 5. The number of rotatable bonds is 5. The molecule has 13 heteroatoms. The number of alkyl halides is 3. The molecule has 1 saturated heterocycles. The molecule has 1 unspecified atom stereocenters. The second kappa shape index (κ2) is 9.86. The first-order valence-electron chi connectivity index (χ1n) is 13.3. The number of carbonyl (C=O) groups is 1. The third-order valence-corrected chi connectivity index (χ3v) is 8.67. The number of nitrogens with one attached hydrogen (secondary N) is 2. The molecule has 0 aromatic carbocycles. The van der Waals surface area contributed by atoms with Crippen LogP contribution in [0.1, 0.15) is 49.9 Å². The van der Waals surface area contributed by atoms with Crippen LogP contribution in [0.3, 0.4) is 0 Å². The van der Waals surface area contributed by atoms with Crippen molar-refractivity contribution in [2.45, 2.75) is 56.3 Å². The van der Waals surface area contributed by atoms with Gasteiger partial charge in [0.25, 0.3) is 5.91 Å². The highest BCUT2D eigenvalue weighted by atomic mass is 32.2. The predicted molar refractivity (Wildman–Crippen MR) is 145 cm³/mol. The van der Waals surface area contributed by atoms with Gasteiger partial charge in [-0.2, -0.15) is 13.2 Å². The van der Waals surface area contributed by atoms with Gasteiger partial charge in [0.2, 0.25) is 5.88 Å². The van der Waals surface area contributed by atoms with E-state index in [0.717, 1.165) is 30.7 Å². The first kappa shape index (κ1) is 26.7. The molecule has 40 heavy (non-hydrogen) atoms. The van der Waals surface area contributed by atoms with Gasteiger partial charge < -0.3 is 15.0 Å². The van der Waals surface area contributed by atoms with Gasteiger partial charge in [0, 0.05) is 42.8 Å². The van der Waals surface area contributed by atoms with Gasteiger partial charge in [-0.25, -0.2) is 14.6 Å². The molecule has 0 spiro atoms. The van der Waals surface area contributed by atoms with Gasteiger partial charge in [0.15, 0.2) is 5.82 Å². The van der Waals surface area contributed by atoms with Crippen LogP contribution < -0.4 is 19.7 Å². The number of amides is 1. The maximum atomic E-state index is 13.4. The van der Waals surface area contributed by atoms with E-state index in [4.69, 9.17) is 9.72 Å². The van der Waals surface area contributed by atoms with Crippen molar-refractivity contribution in [2.24, 2.45) is 11.3 Å². The Morgan fingerprint density at radius 3 is 2.75 bits per heavy atom. The lowest BCUT2D eigenvalue weighted by Gasteiger charge is -2.33. The van der Waals surface area contributed by atoms with Crippen LogP contribution in [-0.4, -0.2) is 57.1 Å². The number of hydrogen-bond acceptors (Lipinski definition) is 8. The molecule has 4 bridgehead atoms. The van der Waals surface area contributed by atoms with E-state index < -0.39 is 11.6 Å². The Morgan fingerprint density at radius 1 is 1.15 bits per heavy atom. The van der Waals surface area contributed by atoms with Gasteiger partial charge >= 0.3 is 6.18 Å². The van der Waals surface area contributed by atoms with E-state index in [9.17, 15) is 18.0 Å². The van der Waals surface area contributed by atoms with Gasteiger partial charge in [-0.3, -0.25) is 9.52 Å². The second-order valence-corrected chi connectivity index (χ2v) is 12.1. The van der Waals surface area contributed by atoms with Crippen molar-refractivity contribution in [3.8, 4) is 11.7 Å². The molecule has 2 fully saturated rings. The molecule has 212 valence electrons. The number of fused-ring (bicyclic) bond motifs is 6. The van der Waals surface area contributed by atoms with Crippen LogP contribution in [-0.2, 0) is 0 Å². The van der Waals surface area contributed by atoms with E-state index in [2.05, 4.69) is 38.9 Å². The van der Waals surface area contributed by atoms with Crippen molar-refractivity contribution in [2.75, 3.05) is 29.9 Å². The van der Waals surface area contributed by atoms with Crippen molar-refractivity contribution < 1.29 is 22.7 Å². The van der Waals surface area contributed by atoms with Gasteiger partial charge in [0.1, 0.15) is 16.7 Å². The summed E-state index contributed by atoms with van der Waals surface area (Å²) in [6.45, 7) is 5.62. The Hall–Kier alpha value is -3.48. The van der Waals surface area contributed by atoms with Crippen molar-refractivity contribution in [1.82, 2.24) is 24.5 Å². The molecule has 3 aromatic rings. The maximum absolute atomic E-state index is 13.4. The summed E-state index contributed by atoms with van der Waals surface area (Å²) in [5, 5.41) is 8.48. The molecule has 3 aliphatic rings. The summed E-state index contributed by atoms with van der Waals surface area (Å²) in [6.07, 6.45) is -1.47. The third-order valence-electron chi connectivity index (χ3n) is 7.95. The van der Waals surface area contributed by atoms with E-state index in [1.54, 1.807) is 24.4 Å². The van der Waals surface area contributed by atoms with Gasteiger partial charge in [-0.1, -0.05) is 6.07 Å². The standard InChI is InChI=1S/C27H30F3N7O2S/c1-25(2)14-17-15-31-19-4-3-5-22(32-19)40-35-24(38)18-6-7-20(33-23(18)36(25)16-17)37-12-8-21(34-37)39-13-11-26(9-10-26)27(28,29)30/h3-8,12,17H,9-11,13-16H2,1-2H3,(H,31,32)(H,35,38). The zero-order chi connectivity index (χ0) is 28.1. The van der Waals surface area contributed by atoms with Crippen LogP contribution in [0.15, 0.2) is 47.6 Å². The summed E-state index contributed by atoms with van der Waals surface area (Å²) in [5.74, 6) is 2.00. The zero-order valence-electron chi connectivity index (χ0n) is 22.2. The van der Waals surface area contributed by atoms with Crippen molar-refractivity contribution in [3.63, 3.8) is 0 Å². The molecule has 2 N–H and O–H groups in total. The average molecular weight is 574 g/mol. The Morgan fingerprint density at radius 2 is 1.98 bits per heavy atom. The van der Waals surface area contributed by atoms with Crippen LogP contribution in [0.2, 0.25) is 0 Å². The molecule has 6 rings (SSSR count). The molecule has 3 aromatic heterocycles. The smallest absolute Gasteiger partial charge is 0.394 e. The Bertz CT molecular complexity index is 1420. The monoisotopic (exact) mass is 573 g/mol. The minimum absolute atomic E-state index is 0.0687. The van der Waals surface area contributed by atoms with E-state index in [1.807, 2.05) is 18.2 Å². The highest BCUT2D eigenvalue weighted by molar-refractivity contribution is 7.97. The molecule has 2 aliphatic heterocycles. The van der Waals surface area contributed by atoms with Crippen LogP contribution in [0, 0.1) is 11.3 Å². The van der Waals surface area contributed by atoms with Crippen molar-refractivity contribution >= 4 is 29.5 Å². The fourth-order valence-electron chi connectivity index (χ4n) is 5.51. The highest BCUT2D eigenvalue weighted by Crippen LogP contribution is 2.59. The van der Waals surface area contributed by atoms with E-state index in [-0.39, 0.29) is 43.2 Å². The van der Waals surface area contributed by atoms with E-state index >= 15 is 0 Å². The molecule has 0 radical (unpaired) electrons. The number of anilines is 2. The molecule has 1 saturated carbocycles. The predicted octanol–water partition coefficient (Wildman–Crippen LogP) is 5.24. The first-order chi connectivity index (χ1) is 19.0. The third kappa shape index (κ3) is 5.18. The summed E-state index contributed by atoms with van der Waals surface area (Å²) in [5.41, 5.74) is -1.46. The molecular weight excluding hydrogens is 543 g/mol. The van der Waals surface area contributed by atoms with Gasteiger partial charge in [-0.05, 0) is 69.7 Å². The number of halogens is 3. The van der Waals surface area contributed by atoms with Crippen LogP contribution in [0.25, 0.3) is 5.82 Å². The summed E-state index contributed by atoms with van der Waals surface area (Å²) >= 11 is 1.14.